The molecule has 3 rings (SSSR count). The predicted molar refractivity (Wildman–Crippen MR) is 109 cm³/mol. The third-order valence-corrected chi connectivity index (χ3v) is 4.50. The van der Waals surface area contributed by atoms with Crippen molar-refractivity contribution in [2.24, 2.45) is 5.73 Å². The van der Waals surface area contributed by atoms with Crippen LogP contribution in [0.3, 0.4) is 0 Å². The van der Waals surface area contributed by atoms with Gasteiger partial charge in [0, 0.05) is 24.2 Å². The average molecular weight is 392 g/mol. The van der Waals surface area contributed by atoms with Gasteiger partial charge in [-0.05, 0) is 36.3 Å². The van der Waals surface area contributed by atoms with Crippen molar-refractivity contribution in [3.63, 3.8) is 0 Å². The zero-order valence-corrected chi connectivity index (χ0v) is 16.6. The molecule has 8 nitrogen and oxygen atoms in total. The Kier molecular flexibility index (Phi) is 6.33. The molecule has 1 aromatic heterocycles. The van der Waals surface area contributed by atoms with Crippen LogP contribution in [-0.4, -0.2) is 43.5 Å². The van der Waals surface area contributed by atoms with Crippen LogP contribution >= 0.6 is 0 Å². The molecular formula is C21H24N6O2. The summed E-state index contributed by atoms with van der Waals surface area (Å²) in [6.45, 7) is 5.29. The Morgan fingerprint density at radius 2 is 1.76 bits per heavy atom. The number of hydrogen-bond donors (Lipinski definition) is 1. The van der Waals surface area contributed by atoms with Crippen LogP contribution in [0.2, 0.25) is 0 Å². The van der Waals surface area contributed by atoms with Crippen molar-refractivity contribution >= 4 is 11.8 Å². The van der Waals surface area contributed by atoms with E-state index in [0.29, 0.717) is 30.0 Å². The highest BCUT2D eigenvalue weighted by Gasteiger charge is 2.16. The van der Waals surface area contributed by atoms with Crippen LogP contribution in [0.5, 0.6) is 0 Å². The van der Waals surface area contributed by atoms with Crippen LogP contribution in [0.15, 0.2) is 48.5 Å². The van der Waals surface area contributed by atoms with E-state index in [1.165, 1.54) is 10.4 Å². The second-order valence-electron chi connectivity index (χ2n) is 6.89. The van der Waals surface area contributed by atoms with Gasteiger partial charge in [-0.1, -0.05) is 48.9 Å². The Labute approximate surface area is 169 Å². The standard InChI is InChI=1S/C21H24N6O2/c1-3-12-26(13-16-6-4-15(2)5-7-16)19(28)14-27-24-21(23-25-27)18-10-8-17(9-11-18)20(22)29/h4-11H,3,12-14H2,1-2H3,(H2,22,29). The molecule has 2 amide bonds. The molecular weight excluding hydrogens is 368 g/mol. The highest BCUT2D eigenvalue weighted by Crippen LogP contribution is 2.14. The Bertz CT molecular complexity index is 979. The Balaban J connectivity index is 1.68. The van der Waals surface area contributed by atoms with E-state index in [1.807, 2.05) is 38.1 Å². The number of nitrogens with two attached hydrogens (primary N) is 1. The topological polar surface area (TPSA) is 107 Å². The van der Waals surface area contributed by atoms with Crippen molar-refractivity contribution in [2.75, 3.05) is 6.54 Å². The Morgan fingerprint density at radius 3 is 2.38 bits per heavy atom. The number of tetrazole rings is 1. The highest BCUT2D eigenvalue weighted by molar-refractivity contribution is 5.93. The maximum Gasteiger partial charge on any atom is 0.248 e. The average Bonchev–Trinajstić information content (AvgIpc) is 3.17. The fourth-order valence-corrected chi connectivity index (χ4v) is 2.91. The molecule has 0 bridgehead atoms. The highest BCUT2D eigenvalue weighted by atomic mass is 16.2. The summed E-state index contributed by atoms with van der Waals surface area (Å²) < 4.78 is 0. The first-order valence-corrected chi connectivity index (χ1v) is 9.47. The van der Waals surface area contributed by atoms with Crippen LogP contribution in [0.1, 0.15) is 34.8 Å². The van der Waals surface area contributed by atoms with Crippen molar-refractivity contribution < 1.29 is 9.59 Å². The molecule has 1 heterocycles. The molecule has 2 aromatic carbocycles. The number of aromatic nitrogens is 4. The molecule has 0 aliphatic heterocycles. The number of primary amides is 1. The lowest BCUT2D eigenvalue weighted by atomic mass is 10.1. The number of hydrogen-bond acceptors (Lipinski definition) is 5. The molecule has 0 atom stereocenters. The first-order valence-electron chi connectivity index (χ1n) is 9.47. The molecule has 0 fully saturated rings. The first-order chi connectivity index (χ1) is 14.0. The fourth-order valence-electron chi connectivity index (χ4n) is 2.91. The maximum absolute atomic E-state index is 12.8. The molecule has 150 valence electrons. The van der Waals surface area contributed by atoms with E-state index in [9.17, 15) is 9.59 Å². The molecule has 2 N–H and O–H groups in total. The SMILES string of the molecule is CCCN(Cc1ccc(C)cc1)C(=O)Cn1nnc(-c2ccc(C(N)=O)cc2)n1. The van der Waals surface area contributed by atoms with Gasteiger partial charge in [0.25, 0.3) is 0 Å². The van der Waals surface area contributed by atoms with Crippen molar-refractivity contribution in [3.8, 4) is 11.4 Å². The molecule has 29 heavy (non-hydrogen) atoms. The van der Waals surface area contributed by atoms with E-state index >= 15 is 0 Å². The maximum atomic E-state index is 12.8. The normalized spacial score (nSPS) is 10.7. The minimum Gasteiger partial charge on any atom is -0.366 e. The number of carbonyl (C=O) groups excluding carboxylic acids is 2. The van der Waals surface area contributed by atoms with E-state index in [0.717, 1.165) is 12.0 Å². The van der Waals surface area contributed by atoms with Gasteiger partial charge >= 0.3 is 0 Å². The summed E-state index contributed by atoms with van der Waals surface area (Å²) in [6.07, 6.45) is 0.861. The largest absolute Gasteiger partial charge is 0.366 e. The third kappa shape index (κ3) is 5.25. The monoisotopic (exact) mass is 392 g/mol. The number of benzene rings is 2. The van der Waals surface area contributed by atoms with Crippen molar-refractivity contribution in [2.45, 2.75) is 33.4 Å². The van der Waals surface area contributed by atoms with Crippen LogP contribution in [0, 0.1) is 6.92 Å². The smallest absolute Gasteiger partial charge is 0.248 e. The molecule has 0 aliphatic carbocycles. The third-order valence-electron chi connectivity index (χ3n) is 4.50. The summed E-state index contributed by atoms with van der Waals surface area (Å²) in [6, 6.07) is 14.8. The molecule has 8 heteroatoms. The van der Waals surface area contributed by atoms with Gasteiger partial charge in [-0.15, -0.1) is 10.2 Å². The number of carbonyl (C=O) groups is 2. The van der Waals surface area contributed by atoms with E-state index in [2.05, 4.69) is 15.4 Å². The minimum atomic E-state index is -0.497. The van der Waals surface area contributed by atoms with E-state index < -0.39 is 5.91 Å². The first kappa shape index (κ1) is 20.2. The van der Waals surface area contributed by atoms with Gasteiger partial charge in [0.1, 0.15) is 6.54 Å². The van der Waals surface area contributed by atoms with Gasteiger partial charge in [0.05, 0.1) is 0 Å². The van der Waals surface area contributed by atoms with Gasteiger partial charge in [-0.2, -0.15) is 4.80 Å². The number of rotatable bonds is 8. The summed E-state index contributed by atoms with van der Waals surface area (Å²) >= 11 is 0. The van der Waals surface area contributed by atoms with Crippen molar-refractivity contribution in [3.05, 3.63) is 65.2 Å². The van der Waals surface area contributed by atoms with Crippen molar-refractivity contribution in [1.82, 2.24) is 25.1 Å². The molecule has 0 unspecified atom stereocenters. The molecule has 0 spiro atoms. The Hall–Kier alpha value is -3.55. The predicted octanol–water partition coefficient (Wildman–Crippen LogP) is 2.19. The van der Waals surface area contributed by atoms with E-state index in [-0.39, 0.29) is 12.5 Å². The van der Waals surface area contributed by atoms with Crippen molar-refractivity contribution in [1.29, 1.82) is 0 Å². The van der Waals surface area contributed by atoms with Crippen LogP contribution < -0.4 is 5.73 Å². The second-order valence-corrected chi connectivity index (χ2v) is 6.89. The lowest BCUT2D eigenvalue weighted by Crippen LogP contribution is -2.34. The fraction of sp³-hybridized carbons (Fsp3) is 0.286. The quantitative estimate of drug-likeness (QED) is 0.632. The summed E-state index contributed by atoms with van der Waals surface area (Å²) in [5.41, 5.74) is 8.61. The lowest BCUT2D eigenvalue weighted by molar-refractivity contribution is -0.133. The van der Waals surface area contributed by atoms with Crippen LogP contribution in [-0.2, 0) is 17.9 Å². The Morgan fingerprint density at radius 1 is 1.07 bits per heavy atom. The van der Waals surface area contributed by atoms with E-state index in [4.69, 9.17) is 5.73 Å². The lowest BCUT2D eigenvalue weighted by Gasteiger charge is -2.22. The van der Waals surface area contributed by atoms with E-state index in [1.54, 1.807) is 29.2 Å². The zero-order chi connectivity index (χ0) is 20.8. The zero-order valence-electron chi connectivity index (χ0n) is 16.6. The summed E-state index contributed by atoms with van der Waals surface area (Å²) in [7, 11) is 0. The number of aryl methyl sites for hydroxylation is 1. The van der Waals surface area contributed by atoms with Gasteiger partial charge in [-0.25, -0.2) is 0 Å². The molecule has 0 saturated heterocycles. The number of nitrogens with zero attached hydrogens (tertiary/aromatic N) is 5. The van der Waals surface area contributed by atoms with Gasteiger partial charge < -0.3 is 10.6 Å². The second kappa shape index (κ2) is 9.09. The molecule has 0 aliphatic rings. The van der Waals surface area contributed by atoms with Gasteiger partial charge in [0.2, 0.25) is 17.6 Å². The summed E-state index contributed by atoms with van der Waals surface area (Å²) in [5.74, 6) is -0.182. The summed E-state index contributed by atoms with van der Waals surface area (Å²) in [4.78, 5) is 27.0. The molecule has 0 radical (unpaired) electrons. The summed E-state index contributed by atoms with van der Waals surface area (Å²) in [5, 5.41) is 12.3. The minimum absolute atomic E-state index is 0.0121. The van der Waals surface area contributed by atoms with Gasteiger partial charge in [0.15, 0.2) is 0 Å². The molecule has 0 saturated carbocycles. The van der Waals surface area contributed by atoms with Gasteiger partial charge in [-0.3, -0.25) is 9.59 Å². The molecule has 3 aromatic rings. The number of amides is 2. The van der Waals surface area contributed by atoms with Crippen LogP contribution in [0.25, 0.3) is 11.4 Å². The van der Waals surface area contributed by atoms with Crippen LogP contribution in [0.4, 0.5) is 0 Å².